The smallest absolute Gasteiger partial charge is 0.257 e. The molecule has 0 aliphatic carbocycles. The van der Waals surface area contributed by atoms with Gasteiger partial charge in [-0.05, 0) is 6.92 Å². The minimum absolute atomic E-state index is 0.0342. The van der Waals surface area contributed by atoms with E-state index >= 15 is 0 Å². The quantitative estimate of drug-likeness (QED) is 0.842. The molecule has 1 N–H and O–H groups in total. The fourth-order valence-corrected chi connectivity index (χ4v) is 1.53. The third-order valence-electron chi connectivity index (χ3n) is 2.34. The maximum absolute atomic E-state index is 5.11. The van der Waals surface area contributed by atoms with Crippen LogP contribution in [0, 0.1) is 0 Å². The lowest BCUT2D eigenvalue weighted by molar-refractivity contribution is 0.397. The van der Waals surface area contributed by atoms with E-state index in [1.54, 1.807) is 25.8 Å². The van der Waals surface area contributed by atoms with Crippen LogP contribution in [0.1, 0.15) is 18.8 Å². The fourth-order valence-electron chi connectivity index (χ4n) is 1.53. The van der Waals surface area contributed by atoms with Gasteiger partial charge >= 0.3 is 0 Å². The Bertz CT molecular complexity index is 497. The van der Waals surface area contributed by atoms with Crippen LogP contribution in [0.2, 0.25) is 0 Å². The molecule has 7 nitrogen and oxygen atoms in total. The van der Waals surface area contributed by atoms with Gasteiger partial charge in [0, 0.05) is 19.4 Å². The first kappa shape index (κ1) is 11.3. The van der Waals surface area contributed by atoms with E-state index in [0.29, 0.717) is 11.7 Å². The molecule has 90 valence electrons. The highest BCUT2D eigenvalue weighted by Gasteiger charge is 2.14. The Balaban J connectivity index is 2.18. The molecule has 17 heavy (non-hydrogen) atoms. The van der Waals surface area contributed by atoms with Gasteiger partial charge in [0.05, 0.1) is 13.2 Å². The van der Waals surface area contributed by atoms with Crippen molar-refractivity contribution in [3.05, 3.63) is 24.5 Å². The molecule has 2 aromatic rings. The number of anilines is 1. The minimum atomic E-state index is -0.0342. The summed E-state index contributed by atoms with van der Waals surface area (Å²) < 4.78 is 6.96. The Hall–Kier alpha value is -2.18. The van der Waals surface area contributed by atoms with Crippen LogP contribution in [0.25, 0.3) is 0 Å². The molecule has 0 aliphatic heterocycles. The summed E-state index contributed by atoms with van der Waals surface area (Å²) in [7, 11) is 3.45. The van der Waals surface area contributed by atoms with Crippen molar-refractivity contribution < 1.29 is 4.74 Å². The third kappa shape index (κ3) is 2.32. The summed E-state index contributed by atoms with van der Waals surface area (Å²) in [5, 5.41) is 11.0. The largest absolute Gasteiger partial charge is 0.478 e. The molecule has 0 bridgehead atoms. The minimum Gasteiger partial charge on any atom is -0.478 e. The predicted octanol–water partition coefficient (Wildman–Crippen LogP) is 0.787. The monoisotopic (exact) mass is 234 g/mol. The van der Waals surface area contributed by atoms with Crippen LogP contribution in [0.4, 0.5) is 5.82 Å². The summed E-state index contributed by atoms with van der Waals surface area (Å²) in [4.78, 5) is 8.24. The lowest BCUT2D eigenvalue weighted by Crippen LogP contribution is -2.13. The molecule has 2 rings (SSSR count). The van der Waals surface area contributed by atoms with Gasteiger partial charge in [0.25, 0.3) is 5.88 Å². The number of rotatable bonds is 4. The Morgan fingerprint density at radius 3 is 2.76 bits per heavy atom. The van der Waals surface area contributed by atoms with Crippen molar-refractivity contribution in [1.29, 1.82) is 0 Å². The molecule has 0 amide bonds. The van der Waals surface area contributed by atoms with Crippen LogP contribution < -0.4 is 10.1 Å². The molecule has 0 aromatic carbocycles. The lowest BCUT2D eigenvalue weighted by atomic mass is 10.3. The van der Waals surface area contributed by atoms with E-state index in [0.717, 1.165) is 5.82 Å². The van der Waals surface area contributed by atoms with Gasteiger partial charge in [-0.1, -0.05) is 0 Å². The van der Waals surface area contributed by atoms with E-state index < -0.39 is 0 Å². The average molecular weight is 234 g/mol. The van der Waals surface area contributed by atoms with Gasteiger partial charge in [-0.15, -0.1) is 10.2 Å². The van der Waals surface area contributed by atoms with Gasteiger partial charge in [-0.25, -0.2) is 9.97 Å². The van der Waals surface area contributed by atoms with Gasteiger partial charge in [0.15, 0.2) is 11.6 Å². The van der Waals surface area contributed by atoms with Gasteiger partial charge in [0.1, 0.15) is 6.33 Å². The molecule has 0 spiro atoms. The summed E-state index contributed by atoms with van der Waals surface area (Å²) in [6, 6.07) is -0.0342. The Kier molecular flexibility index (Phi) is 3.17. The maximum Gasteiger partial charge on any atom is 0.257 e. The third-order valence-corrected chi connectivity index (χ3v) is 2.34. The number of nitrogens with zero attached hydrogens (tertiary/aromatic N) is 5. The van der Waals surface area contributed by atoms with Crippen LogP contribution >= 0.6 is 0 Å². The Morgan fingerprint density at radius 2 is 2.12 bits per heavy atom. The first-order chi connectivity index (χ1) is 8.22. The van der Waals surface area contributed by atoms with Crippen LogP contribution in [-0.2, 0) is 7.05 Å². The predicted molar refractivity (Wildman–Crippen MR) is 61.6 cm³/mol. The second-order valence-corrected chi connectivity index (χ2v) is 3.58. The topological polar surface area (TPSA) is 77.8 Å². The van der Waals surface area contributed by atoms with Gasteiger partial charge in [0.2, 0.25) is 0 Å². The molecule has 7 heteroatoms. The Labute approximate surface area is 98.9 Å². The molecule has 2 aromatic heterocycles. The van der Waals surface area contributed by atoms with Crippen molar-refractivity contribution >= 4 is 5.82 Å². The van der Waals surface area contributed by atoms with E-state index in [9.17, 15) is 0 Å². The van der Waals surface area contributed by atoms with E-state index in [2.05, 4.69) is 25.5 Å². The van der Waals surface area contributed by atoms with Crippen molar-refractivity contribution in [3.8, 4) is 5.88 Å². The molecule has 1 atom stereocenters. The number of nitrogens with one attached hydrogen (secondary N) is 1. The number of aryl methyl sites for hydroxylation is 1. The van der Waals surface area contributed by atoms with E-state index in [1.807, 2.05) is 18.5 Å². The van der Waals surface area contributed by atoms with Crippen molar-refractivity contribution in [2.24, 2.45) is 7.05 Å². The molecule has 0 saturated carbocycles. The maximum atomic E-state index is 5.11. The van der Waals surface area contributed by atoms with Gasteiger partial charge in [-0.3, -0.25) is 0 Å². The lowest BCUT2D eigenvalue weighted by Gasteiger charge is -2.14. The Morgan fingerprint density at radius 1 is 1.35 bits per heavy atom. The molecule has 0 radical (unpaired) electrons. The molecule has 0 saturated heterocycles. The standard InChI is InChI=1S/C10H14N6O/c1-7(9-15-13-6-16(9)2)14-8-10(17-3)12-5-4-11-8/h4-7H,1-3H3,(H,11,14). The molecular formula is C10H14N6O. The summed E-state index contributed by atoms with van der Waals surface area (Å²) in [6.07, 6.45) is 4.84. The number of hydrogen-bond acceptors (Lipinski definition) is 6. The van der Waals surface area contributed by atoms with Crippen LogP contribution in [0.3, 0.4) is 0 Å². The normalized spacial score (nSPS) is 12.2. The van der Waals surface area contributed by atoms with Crippen LogP contribution in [0.15, 0.2) is 18.7 Å². The molecule has 0 fully saturated rings. The van der Waals surface area contributed by atoms with Gasteiger partial charge < -0.3 is 14.6 Å². The second kappa shape index (κ2) is 4.77. The highest BCUT2D eigenvalue weighted by molar-refractivity contribution is 5.45. The van der Waals surface area contributed by atoms with Crippen molar-refractivity contribution in [3.63, 3.8) is 0 Å². The highest BCUT2D eigenvalue weighted by atomic mass is 16.5. The molecular weight excluding hydrogens is 220 g/mol. The molecule has 2 heterocycles. The number of methoxy groups -OCH3 is 1. The summed E-state index contributed by atoms with van der Waals surface area (Å²) >= 11 is 0. The summed E-state index contributed by atoms with van der Waals surface area (Å²) in [5.74, 6) is 1.87. The van der Waals surface area contributed by atoms with E-state index in [-0.39, 0.29) is 6.04 Å². The first-order valence-electron chi connectivity index (χ1n) is 5.17. The highest BCUT2D eigenvalue weighted by Crippen LogP contribution is 2.21. The zero-order chi connectivity index (χ0) is 12.3. The first-order valence-corrected chi connectivity index (χ1v) is 5.17. The van der Waals surface area contributed by atoms with Crippen molar-refractivity contribution in [2.75, 3.05) is 12.4 Å². The zero-order valence-electron chi connectivity index (χ0n) is 9.95. The number of hydrogen-bond donors (Lipinski definition) is 1. The molecule has 1 unspecified atom stereocenters. The molecule has 0 aliphatic rings. The summed E-state index contributed by atoms with van der Waals surface area (Å²) in [6.45, 7) is 1.97. The summed E-state index contributed by atoms with van der Waals surface area (Å²) in [5.41, 5.74) is 0. The number of aromatic nitrogens is 5. The van der Waals surface area contributed by atoms with Crippen LogP contribution in [0.5, 0.6) is 5.88 Å². The second-order valence-electron chi connectivity index (χ2n) is 3.58. The van der Waals surface area contributed by atoms with Crippen molar-refractivity contribution in [1.82, 2.24) is 24.7 Å². The SMILES string of the molecule is COc1nccnc1NC(C)c1nncn1C. The van der Waals surface area contributed by atoms with Crippen LogP contribution in [-0.4, -0.2) is 31.8 Å². The van der Waals surface area contributed by atoms with Crippen molar-refractivity contribution in [2.45, 2.75) is 13.0 Å². The zero-order valence-corrected chi connectivity index (χ0v) is 9.95. The van der Waals surface area contributed by atoms with E-state index in [1.165, 1.54) is 0 Å². The van der Waals surface area contributed by atoms with E-state index in [4.69, 9.17) is 4.74 Å². The van der Waals surface area contributed by atoms with Gasteiger partial charge in [-0.2, -0.15) is 0 Å². The fraction of sp³-hybridized carbons (Fsp3) is 0.400. The number of ether oxygens (including phenoxy) is 1. The average Bonchev–Trinajstić information content (AvgIpc) is 2.76.